The van der Waals surface area contributed by atoms with Crippen LogP contribution >= 0.6 is 11.3 Å². The van der Waals surface area contributed by atoms with Gasteiger partial charge in [-0.05, 0) is 28.7 Å². The van der Waals surface area contributed by atoms with Gasteiger partial charge in [-0.1, -0.05) is 36.4 Å². The lowest BCUT2D eigenvalue weighted by molar-refractivity contribution is -0.909. The van der Waals surface area contributed by atoms with Crippen LogP contribution in [-0.2, 0) is 6.54 Å². The van der Waals surface area contributed by atoms with Gasteiger partial charge in [0.15, 0.2) is 0 Å². The number of nitrogens with zero attached hydrogens (tertiary/aromatic N) is 1. The van der Waals surface area contributed by atoms with Crippen molar-refractivity contribution in [3.8, 4) is 10.8 Å². The fourth-order valence-corrected chi connectivity index (χ4v) is 3.67. The minimum atomic E-state index is 0.743. The molecule has 23 heavy (non-hydrogen) atoms. The van der Waals surface area contributed by atoms with Crippen LogP contribution in [0.15, 0.2) is 64.6 Å². The molecule has 4 heteroatoms. The number of thiophene rings is 1. The molecule has 1 aliphatic rings. The summed E-state index contributed by atoms with van der Waals surface area (Å²) in [5.41, 5.74) is 3.86. The zero-order valence-corrected chi connectivity index (χ0v) is 13.7. The molecule has 0 saturated heterocycles. The molecule has 1 unspecified atom stereocenters. The number of aromatic nitrogens is 1. The summed E-state index contributed by atoms with van der Waals surface area (Å²) in [6.07, 6.45) is 5.29. The van der Waals surface area contributed by atoms with Gasteiger partial charge in [0.05, 0.1) is 18.0 Å². The number of hydrogen-bond donors (Lipinski definition) is 1. The first kappa shape index (κ1) is 14.4. The van der Waals surface area contributed by atoms with E-state index in [1.165, 1.54) is 16.0 Å². The number of oxazole rings is 1. The number of hydrogen-bond acceptors (Lipinski definition) is 3. The van der Waals surface area contributed by atoms with Crippen LogP contribution in [0.4, 0.5) is 0 Å². The van der Waals surface area contributed by atoms with Crippen molar-refractivity contribution in [2.24, 2.45) is 0 Å². The Morgan fingerprint density at radius 3 is 2.78 bits per heavy atom. The van der Waals surface area contributed by atoms with E-state index in [9.17, 15) is 0 Å². The maximum absolute atomic E-state index is 5.61. The maximum Gasteiger partial charge on any atom is 0.236 e. The molecular formula is C19H19N2OS+. The van der Waals surface area contributed by atoms with Crippen molar-refractivity contribution >= 4 is 16.9 Å². The lowest BCUT2D eigenvalue weighted by Gasteiger charge is -2.22. The summed E-state index contributed by atoms with van der Waals surface area (Å²) in [5.74, 6) is 0.743. The molecule has 0 radical (unpaired) electrons. The lowest BCUT2D eigenvalue weighted by Crippen LogP contribution is -3.11. The number of rotatable bonds is 4. The highest BCUT2D eigenvalue weighted by atomic mass is 32.1. The van der Waals surface area contributed by atoms with E-state index in [4.69, 9.17) is 4.42 Å². The van der Waals surface area contributed by atoms with Crippen LogP contribution in [0.3, 0.4) is 0 Å². The van der Waals surface area contributed by atoms with Gasteiger partial charge in [-0.15, -0.1) is 11.3 Å². The fraction of sp³-hybridized carbons (Fsp3) is 0.211. The normalized spacial score (nSPS) is 17.9. The first-order valence-electron chi connectivity index (χ1n) is 7.95. The predicted octanol–water partition coefficient (Wildman–Crippen LogP) is 3.28. The standard InChI is InChI=1S/C19H18N2OS/c1-2-5-15(6-3-1)16-8-10-21(11-9-16)13-17-14-22-19(20-17)18-7-4-12-23-18/h1-8,12,14H,9-11,13H2/p+1. The summed E-state index contributed by atoms with van der Waals surface area (Å²) in [5, 5.41) is 2.05. The van der Waals surface area contributed by atoms with E-state index in [2.05, 4.69) is 41.4 Å². The molecule has 4 rings (SSSR count). The van der Waals surface area contributed by atoms with Crippen LogP contribution in [0, 0.1) is 0 Å². The Morgan fingerprint density at radius 2 is 2.04 bits per heavy atom. The van der Waals surface area contributed by atoms with Crippen molar-refractivity contribution in [3.05, 3.63) is 71.4 Å². The van der Waals surface area contributed by atoms with Gasteiger partial charge >= 0.3 is 0 Å². The molecule has 1 atom stereocenters. The number of benzene rings is 1. The van der Waals surface area contributed by atoms with Crippen LogP contribution in [-0.4, -0.2) is 18.1 Å². The third-order valence-corrected chi connectivity index (χ3v) is 5.10. The molecule has 2 aromatic heterocycles. The molecular weight excluding hydrogens is 304 g/mol. The first-order valence-corrected chi connectivity index (χ1v) is 8.83. The molecule has 3 heterocycles. The quantitative estimate of drug-likeness (QED) is 0.799. The van der Waals surface area contributed by atoms with Gasteiger partial charge in [-0.2, -0.15) is 0 Å². The van der Waals surface area contributed by atoms with Gasteiger partial charge in [-0.3, -0.25) is 0 Å². The summed E-state index contributed by atoms with van der Waals surface area (Å²) < 4.78 is 5.61. The SMILES string of the molecule is C1=C(c2ccccc2)CC[NH+](Cc2coc(-c3cccs3)n2)C1. The summed E-state index contributed by atoms with van der Waals surface area (Å²) in [4.78, 5) is 7.26. The van der Waals surface area contributed by atoms with E-state index in [1.54, 1.807) is 17.6 Å². The summed E-state index contributed by atoms with van der Waals surface area (Å²) >= 11 is 1.66. The number of quaternary nitrogens is 1. The highest BCUT2D eigenvalue weighted by Gasteiger charge is 2.18. The molecule has 3 aromatic rings. The third-order valence-electron chi connectivity index (χ3n) is 4.24. The molecule has 0 aliphatic carbocycles. The van der Waals surface area contributed by atoms with Crippen LogP contribution in [0.2, 0.25) is 0 Å². The van der Waals surface area contributed by atoms with Gasteiger partial charge in [0, 0.05) is 6.42 Å². The smallest absolute Gasteiger partial charge is 0.236 e. The molecule has 116 valence electrons. The minimum Gasteiger partial charge on any atom is -0.443 e. The van der Waals surface area contributed by atoms with E-state index < -0.39 is 0 Å². The Morgan fingerprint density at radius 1 is 1.13 bits per heavy atom. The Labute approximate surface area is 139 Å². The van der Waals surface area contributed by atoms with Gasteiger partial charge in [0.1, 0.15) is 18.5 Å². The minimum absolute atomic E-state index is 0.743. The second kappa shape index (κ2) is 6.52. The highest BCUT2D eigenvalue weighted by molar-refractivity contribution is 7.13. The molecule has 0 spiro atoms. The second-order valence-electron chi connectivity index (χ2n) is 5.85. The van der Waals surface area contributed by atoms with Crippen molar-refractivity contribution < 1.29 is 9.32 Å². The van der Waals surface area contributed by atoms with Crippen molar-refractivity contribution in [1.29, 1.82) is 0 Å². The van der Waals surface area contributed by atoms with Gasteiger partial charge in [0.2, 0.25) is 5.89 Å². The molecule has 0 saturated carbocycles. The largest absolute Gasteiger partial charge is 0.443 e. The van der Waals surface area contributed by atoms with Gasteiger partial charge in [-0.25, -0.2) is 4.98 Å². The van der Waals surface area contributed by atoms with Crippen molar-refractivity contribution in [3.63, 3.8) is 0 Å². The Bertz CT molecular complexity index is 790. The monoisotopic (exact) mass is 323 g/mol. The van der Waals surface area contributed by atoms with Gasteiger partial charge < -0.3 is 9.32 Å². The molecule has 1 N–H and O–H groups in total. The second-order valence-corrected chi connectivity index (χ2v) is 6.80. The molecule has 3 nitrogen and oxygen atoms in total. The molecule has 1 aromatic carbocycles. The van der Waals surface area contributed by atoms with Crippen LogP contribution in [0.1, 0.15) is 17.7 Å². The molecule has 0 amide bonds. The van der Waals surface area contributed by atoms with Crippen molar-refractivity contribution in [2.45, 2.75) is 13.0 Å². The Kier molecular flexibility index (Phi) is 4.09. The van der Waals surface area contributed by atoms with Gasteiger partial charge in [0.25, 0.3) is 0 Å². The van der Waals surface area contributed by atoms with Crippen LogP contribution < -0.4 is 4.90 Å². The molecule has 0 fully saturated rings. The topological polar surface area (TPSA) is 30.5 Å². The maximum atomic E-state index is 5.61. The zero-order chi connectivity index (χ0) is 15.5. The highest BCUT2D eigenvalue weighted by Crippen LogP contribution is 2.23. The zero-order valence-electron chi connectivity index (χ0n) is 12.9. The molecule has 0 bridgehead atoms. The van der Waals surface area contributed by atoms with Crippen LogP contribution in [0.5, 0.6) is 0 Å². The van der Waals surface area contributed by atoms with Crippen LogP contribution in [0.25, 0.3) is 16.3 Å². The van der Waals surface area contributed by atoms with Crippen molar-refractivity contribution in [2.75, 3.05) is 13.1 Å². The number of nitrogens with one attached hydrogen (secondary N) is 1. The van der Waals surface area contributed by atoms with Crippen molar-refractivity contribution in [1.82, 2.24) is 4.98 Å². The average Bonchev–Trinajstić information content (AvgIpc) is 3.28. The Balaban J connectivity index is 1.41. The third kappa shape index (κ3) is 3.28. The Hall–Kier alpha value is -2.17. The van der Waals surface area contributed by atoms with E-state index in [1.807, 2.05) is 17.5 Å². The fourth-order valence-electron chi connectivity index (χ4n) is 3.02. The van der Waals surface area contributed by atoms with E-state index in [0.717, 1.165) is 42.5 Å². The lowest BCUT2D eigenvalue weighted by atomic mass is 9.99. The van der Waals surface area contributed by atoms with E-state index >= 15 is 0 Å². The summed E-state index contributed by atoms with van der Waals surface area (Å²) in [7, 11) is 0. The molecule has 1 aliphatic heterocycles. The summed E-state index contributed by atoms with van der Waals surface area (Å²) in [6.45, 7) is 3.11. The van der Waals surface area contributed by atoms with E-state index in [-0.39, 0.29) is 0 Å². The first-order chi connectivity index (χ1) is 11.4. The average molecular weight is 323 g/mol. The van der Waals surface area contributed by atoms with E-state index in [0.29, 0.717) is 0 Å². The predicted molar refractivity (Wildman–Crippen MR) is 93.3 cm³/mol. The summed E-state index contributed by atoms with van der Waals surface area (Å²) in [6, 6.07) is 14.7.